The van der Waals surface area contributed by atoms with Gasteiger partial charge in [0.2, 0.25) is 0 Å². The van der Waals surface area contributed by atoms with Gasteiger partial charge in [0.05, 0.1) is 4.47 Å². The quantitative estimate of drug-likeness (QED) is 0.721. The van der Waals surface area contributed by atoms with Crippen molar-refractivity contribution in [2.24, 2.45) is 0 Å². The number of benzene rings is 1. The smallest absolute Gasteiger partial charge is 0.303 e. The molecular formula is C16H15BrO4. The van der Waals surface area contributed by atoms with E-state index in [2.05, 4.69) is 15.9 Å². The van der Waals surface area contributed by atoms with Gasteiger partial charge in [0.1, 0.15) is 22.7 Å². The molecule has 0 bridgehead atoms. The van der Waals surface area contributed by atoms with Gasteiger partial charge in [-0.15, -0.1) is 0 Å². The molecule has 1 aromatic carbocycles. The molecule has 0 radical (unpaired) electrons. The minimum Gasteiger partial charge on any atom is -0.481 e. The van der Waals surface area contributed by atoms with E-state index in [9.17, 15) is 4.79 Å². The predicted molar refractivity (Wildman–Crippen MR) is 83.7 cm³/mol. The Balaban J connectivity index is 2.21. The number of carboxylic acid groups (broad SMARTS) is 1. The summed E-state index contributed by atoms with van der Waals surface area (Å²) in [5.74, 6) is 0.878. The summed E-state index contributed by atoms with van der Waals surface area (Å²) in [6.45, 7) is 3.81. The number of carbonyl (C=O) groups is 1. The fraction of sp³-hybridized carbons (Fsp3) is 0.312. The van der Waals surface area contributed by atoms with Crippen molar-refractivity contribution in [3.63, 3.8) is 0 Å². The molecule has 2 aromatic heterocycles. The molecular weight excluding hydrogens is 336 g/mol. The molecule has 0 spiro atoms. The van der Waals surface area contributed by atoms with E-state index in [-0.39, 0.29) is 6.42 Å². The number of fused-ring (bicyclic) bond motifs is 2. The number of halogens is 1. The number of rotatable bonds is 4. The van der Waals surface area contributed by atoms with Crippen molar-refractivity contribution < 1.29 is 18.7 Å². The molecule has 0 saturated heterocycles. The lowest BCUT2D eigenvalue weighted by Crippen LogP contribution is -1.96. The number of aliphatic carboxylic acids is 1. The highest BCUT2D eigenvalue weighted by Crippen LogP contribution is 2.40. The highest BCUT2D eigenvalue weighted by atomic mass is 79.9. The number of carboxylic acids is 1. The maximum Gasteiger partial charge on any atom is 0.303 e. The van der Waals surface area contributed by atoms with E-state index in [0.29, 0.717) is 12.8 Å². The van der Waals surface area contributed by atoms with Crippen molar-refractivity contribution in [3.8, 4) is 0 Å². The molecule has 0 aliphatic heterocycles. The van der Waals surface area contributed by atoms with E-state index in [1.54, 1.807) is 0 Å². The monoisotopic (exact) mass is 350 g/mol. The van der Waals surface area contributed by atoms with Crippen molar-refractivity contribution in [2.45, 2.75) is 33.1 Å². The summed E-state index contributed by atoms with van der Waals surface area (Å²) >= 11 is 3.59. The van der Waals surface area contributed by atoms with Gasteiger partial charge in [-0.25, -0.2) is 0 Å². The topological polar surface area (TPSA) is 63.6 Å². The molecule has 0 atom stereocenters. The van der Waals surface area contributed by atoms with E-state index in [1.807, 2.05) is 26.0 Å². The molecule has 110 valence electrons. The van der Waals surface area contributed by atoms with E-state index >= 15 is 0 Å². The fourth-order valence-electron chi connectivity index (χ4n) is 2.71. The van der Waals surface area contributed by atoms with Crippen LogP contribution in [0.15, 0.2) is 25.4 Å². The lowest BCUT2D eigenvalue weighted by Gasteiger charge is -2.05. The summed E-state index contributed by atoms with van der Waals surface area (Å²) in [4.78, 5) is 10.7. The Labute approximate surface area is 129 Å². The Kier molecular flexibility index (Phi) is 3.53. The molecule has 3 rings (SSSR count). The van der Waals surface area contributed by atoms with Crippen LogP contribution in [0.25, 0.3) is 21.9 Å². The zero-order chi connectivity index (χ0) is 15.1. The summed E-state index contributed by atoms with van der Waals surface area (Å²) < 4.78 is 12.5. The molecule has 21 heavy (non-hydrogen) atoms. The third kappa shape index (κ3) is 2.46. The van der Waals surface area contributed by atoms with Crippen LogP contribution in [0.4, 0.5) is 0 Å². The lowest BCUT2D eigenvalue weighted by atomic mass is 10.0. The van der Waals surface area contributed by atoms with Gasteiger partial charge in [-0.3, -0.25) is 4.79 Å². The van der Waals surface area contributed by atoms with Crippen LogP contribution in [-0.2, 0) is 11.2 Å². The first-order chi connectivity index (χ1) is 9.97. The van der Waals surface area contributed by atoms with Gasteiger partial charge < -0.3 is 13.9 Å². The van der Waals surface area contributed by atoms with Gasteiger partial charge >= 0.3 is 5.97 Å². The first-order valence-electron chi connectivity index (χ1n) is 6.80. The molecule has 5 heteroatoms. The second-order valence-electron chi connectivity index (χ2n) is 5.24. The highest BCUT2D eigenvalue weighted by Gasteiger charge is 2.19. The van der Waals surface area contributed by atoms with Crippen molar-refractivity contribution in [3.05, 3.63) is 33.7 Å². The Morgan fingerprint density at radius 1 is 1.14 bits per heavy atom. The first-order valence-corrected chi connectivity index (χ1v) is 7.59. The van der Waals surface area contributed by atoms with Crippen LogP contribution in [0, 0.1) is 13.8 Å². The Morgan fingerprint density at radius 2 is 1.76 bits per heavy atom. The average Bonchev–Trinajstić information content (AvgIpc) is 2.96. The van der Waals surface area contributed by atoms with E-state index in [1.165, 1.54) is 0 Å². The van der Waals surface area contributed by atoms with Crippen LogP contribution >= 0.6 is 15.9 Å². The Bertz CT molecular complexity index is 783. The minimum absolute atomic E-state index is 0.148. The van der Waals surface area contributed by atoms with Gasteiger partial charge in [-0.05, 0) is 54.8 Å². The van der Waals surface area contributed by atoms with Crippen molar-refractivity contribution in [2.75, 3.05) is 0 Å². The van der Waals surface area contributed by atoms with Gasteiger partial charge in [0.25, 0.3) is 0 Å². The van der Waals surface area contributed by atoms with Gasteiger partial charge in [0, 0.05) is 22.8 Å². The SMILES string of the molecule is Cc1cc2c(CCCC(=O)O)c3oc(C)cc3c(Br)c2o1. The molecule has 0 fully saturated rings. The number of hydrogen-bond donors (Lipinski definition) is 1. The zero-order valence-corrected chi connectivity index (χ0v) is 13.4. The lowest BCUT2D eigenvalue weighted by molar-refractivity contribution is -0.137. The van der Waals surface area contributed by atoms with Crippen LogP contribution in [-0.4, -0.2) is 11.1 Å². The average molecular weight is 351 g/mol. The molecule has 0 amide bonds. The maximum absolute atomic E-state index is 10.7. The third-order valence-electron chi connectivity index (χ3n) is 3.56. The zero-order valence-electron chi connectivity index (χ0n) is 11.8. The number of aryl methyl sites for hydroxylation is 3. The van der Waals surface area contributed by atoms with E-state index in [0.717, 1.165) is 43.5 Å². The van der Waals surface area contributed by atoms with Gasteiger partial charge in [-0.1, -0.05) is 0 Å². The van der Waals surface area contributed by atoms with E-state index < -0.39 is 5.97 Å². The minimum atomic E-state index is -0.779. The summed E-state index contributed by atoms with van der Waals surface area (Å²) in [5, 5.41) is 10.8. The van der Waals surface area contributed by atoms with Crippen LogP contribution < -0.4 is 0 Å². The second-order valence-corrected chi connectivity index (χ2v) is 6.03. The molecule has 4 nitrogen and oxygen atoms in total. The molecule has 0 aliphatic rings. The number of furan rings is 2. The number of hydrogen-bond acceptors (Lipinski definition) is 3. The van der Waals surface area contributed by atoms with Crippen LogP contribution in [0.5, 0.6) is 0 Å². The van der Waals surface area contributed by atoms with Crippen molar-refractivity contribution >= 4 is 43.8 Å². The highest BCUT2D eigenvalue weighted by molar-refractivity contribution is 9.10. The van der Waals surface area contributed by atoms with Gasteiger partial charge in [-0.2, -0.15) is 0 Å². The predicted octanol–water partition coefficient (Wildman–Crippen LogP) is 4.97. The van der Waals surface area contributed by atoms with Crippen molar-refractivity contribution in [1.29, 1.82) is 0 Å². The van der Waals surface area contributed by atoms with E-state index in [4.69, 9.17) is 13.9 Å². The molecule has 0 aliphatic carbocycles. The molecule has 2 heterocycles. The summed E-state index contributed by atoms with van der Waals surface area (Å²) in [6.07, 6.45) is 1.37. The van der Waals surface area contributed by atoms with Crippen LogP contribution in [0.3, 0.4) is 0 Å². The summed E-state index contributed by atoms with van der Waals surface area (Å²) in [5.41, 5.74) is 2.64. The third-order valence-corrected chi connectivity index (χ3v) is 4.35. The summed E-state index contributed by atoms with van der Waals surface area (Å²) in [7, 11) is 0. The summed E-state index contributed by atoms with van der Waals surface area (Å²) in [6, 6.07) is 3.95. The van der Waals surface area contributed by atoms with Crippen molar-refractivity contribution in [1.82, 2.24) is 0 Å². The normalized spacial score (nSPS) is 11.6. The molecule has 0 unspecified atom stereocenters. The second kappa shape index (κ2) is 5.22. The Hall–Kier alpha value is -1.75. The van der Waals surface area contributed by atoms with Crippen LogP contribution in [0.2, 0.25) is 0 Å². The largest absolute Gasteiger partial charge is 0.481 e. The Morgan fingerprint density at radius 3 is 2.43 bits per heavy atom. The molecule has 1 N–H and O–H groups in total. The molecule has 3 aromatic rings. The first kappa shape index (κ1) is 14.2. The maximum atomic E-state index is 10.7. The van der Waals surface area contributed by atoms with Crippen LogP contribution in [0.1, 0.15) is 29.9 Å². The fourth-order valence-corrected chi connectivity index (χ4v) is 3.30. The van der Waals surface area contributed by atoms with Gasteiger partial charge in [0.15, 0.2) is 0 Å². The standard InChI is InChI=1S/C16H15BrO4/c1-8-6-11-10(4-3-5-13(18)19)15-12(7-9(2)20-15)14(17)16(11)21-8/h6-7H,3-5H2,1-2H3,(H,18,19). The molecule has 0 saturated carbocycles.